The summed E-state index contributed by atoms with van der Waals surface area (Å²) in [6.45, 7) is 4.30. The minimum Gasteiger partial charge on any atom is -0.341 e. The van der Waals surface area contributed by atoms with Gasteiger partial charge in [-0.05, 0) is 183 Å². The Labute approximate surface area is 423 Å². The maximum Gasteiger partial charge on any atom is 0.176 e. The first-order chi connectivity index (χ1) is 34.4. The van der Waals surface area contributed by atoms with Gasteiger partial charge >= 0.3 is 0 Å². The summed E-state index contributed by atoms with van der Waals surface area (Å²) in [4.78, 5) is 17.1. The molecule has 0 unspecified atom stereocenters. The number of benzene rings is 7. The molecule has 0 atom stereocenters. The Hall–Kier alpha value is -6.34. The molecule has 10 rings (SSSR count). The molecule has 0 saturated carbocycles. The second-order valence-corrected chi connectivity index (χ2v) is 19.1. The van der Waals surface area contributed by atoms with Crippen molar-refractivity contribution in [3.8, 4) is 0 Å². The monoisotopic (exact) mass is 945 g/mol. The number of hydrogen-bond donors (Lipinski definition) is 2. The highest BCUT2D eigenvalue weighted by atomic mass is 35.5. The van der Waals surface area contributed by atoms with Gasteiger partial charge in [0, 0.05) is 41.0 Å². The first kappa shape index (κ1) is 50.1. The van der Waals surface area contributed by atoms with Crippen molar-refractivity contribution in [3.05, 3.63) is 242 Å². The van der Waals surface area contributed by atoms with Crippen LogP contribution in [-0.4, -0.2) is 64.5 Å². The lowest BCUT2D eigenvalue weighted by molar-refractivity contribution is 0.0946. The van der Waals surface area contributed by atoms with Crippen LogP contribution in [0.1, 0.15) is 97.6 Å². The van der Waals surface area contributed by atoms with Crippen molar-refractivity contribution in [3.63, 3.8) is 0 Å². The van der Waals surface area contributed by atoms with E-state index in [2.05, 4.69) is 184 Å². The molecular weight excluding hydrogens is 876 g/mol. The summed E-state index contributed by atoms with van der Waals surface area (Å²) in [6.07, 6.45) is 15.7. The van der Waals surface area contributed by atoms with Crippen LogP contribution in [0.4, 0.5) is 11.4 Å². The van der Waals surface area contributed by atoms with Crippen molar-refractivity contribution in [2.24, 2.45) is 0 Å². The average molecular weight is 946 g/mol. The number of ketones is 1. The molecule has 7 aromatic carbocycles. The average Bonchev–Trinajstić information content (AvgIpc) is 3.74. The number of nitrogens with zero attached hydrogens (tertiary/aromatic N) is 2. The molecule has 7 aromatic rings. The van der Waals surface area contributed by atoms with Crippen LogP contribution < -0.4 is 15.5 Å². The number of fused-ring (bicyclic) bond motifs is 6. The molecule has 1 aliphatic heterocycles. The van der Waals surface area contributed by atoms with E-state index < -0.39 is 0 Å². The zero-order valence-electron chi connectivity index (χ0n) is 41.3. The van der Waals surface area contributed by atoms with Crippen molar-refractivity contribution in [2.45, 2.75) is 57.3 Å². The quantitative estimate of drug-likeness (QED) is 0.0840. The predicted octanol–water partition coefficient (Wildman–Crippen LogP) is 13.9. The summed E-state index contributed by atoms with van der Waals surface area (Å²) in [7, 11) is 6.04. The summed E-state index contributed by atoms with van der Waals surface area (Å²) in [5, 5.41) is 7.13. The highest BCUT2D eigenvalue weighted by Gasteiger charge is 2.22. The zero-order valence-corrected chi connectivity index (χ0v) is 42.1. The molecule has 2 N–H and O–H groups in total. The Bertz CT molecular complexity index is 2720. The Morgan fingerprint density at radius 2 is 1.09 bits per heavy atom. The summed E-state index contributed by atoms with van der Waals surface area (Å²) in [5.41, 5.74) is 18.9. The third-order valence-corrected chi connectivity index (χ3v) is 14.1. The van der Waals surface area contributed by atoms with E-state index in [-0.39, 0.29) is 5.78 Å². The number of hydrogen-bond acceptors (Lipinski definition) is 5. The minimum atomic E-state index is 0.125. The van der Waals surface area contributed by atoms with Gasteiger partial charge in [-0.1, -0.05) is 163 Å². The molecule has 1 heterocycles. The molecule has 0 radical (unpaired) electrons. The van der Waals surface area contributed by atoms with Crippen LogP contribution in [-0.2, 0) is 25.7 Å². The first-order valence-electron chi connectivity index (χ1n) is 25.3. The van der Waals surface area contributed by atoms with Crippen molar-refractivity contribution in [1.29, 1.82) is 0 Å². The van der Waals surface area contributed by atoms with Gasteiger partial charge in [0.1, 0.15) is 0 Å². The summed E-state index contributed by atoms with van der Waals surface area (Å²) < 4.78 is 0. The Morgan fingerprint density at radius 1 is 0.600 bits per heavy atom. The molecule has 0 fully saturated rings. The van der Waals surface area contributed by atoms with Crippen LogP contribution in [0, 0.1) is 0 Å². The van der Waals surface area contributed by atoms with E-state index in [1.807, 2.05) is 21.1 Å². The number of carbonyl (C=O) groups is 1. The molecule has 3 aliphatic rings. The van der Waals surface area contributed by atoms with E-state index in [4.69, 9.17) is 11.6 Å². The fraction of sp³-hybridized carbons (Fsp3) is 0.266. The van der Waals surface area contributed by atoms with Crippen LogP contribution in [0.3, 0.4) is 0 Å². The molecular formula is C64H69ClN4O. The van der Waals surface area contributed by atoms with E-state index in [0.29, 0.717) is 23.0 Å². The number of para-hydroxylation sites is 2. The van der Waals surface area contributed by atoms with Crippen LogP contribution >= 0.6 is 11.6 Å². The summed E-state index contributed by atoms with van der Waals surface area (Å²) >= 11 is 5.92. The van der Waals surface area contributed by atoms with E-state index >= 15 is 0 Å². The summed E-state index contributed by atoms with van der Waals surface area (Å²) in [5.74, 6) is 0.630. The molecule has 5 nitrogen and oxygen atoms in total. The van der Waals surface area contributed by atoms with Gasteiger partial charge in [-0.3, -0.25) is 9.69 Å². The Morgan fingerprint density at radius 3 is 1.64 bits per heavy atom. The van der Waals surface area contributed by atoms with E-state index in [1.165, 1.54) is 85.4 Å². The van der Waals surface area contributed by atoms with Crippen LogP contribution in [0.25, 0.3) is 17.7 Å². The van der Waals surface area contributed by atoms with Crippen LogP contribution in [0.5, 0.6) is 0 Å². The second kappa shape index (κ2) is 25.5. The third-order valence-electron chi connectivity index (χ3n) is 13.9. The van der Waals surface area contributed by atoms with Crippen molar-refractivity contribution < 1.29 is 4.79 Å². The molecule has 2 aliphatic carbocycles. The van der Waals surface area contributed by atoms with Gasteiger partial charge < -0.3 is 15.5 Å². The van der Waals surface area contributed by atoms with Gasteiger partial charge in [0.15, 0.2) is 5.78 Å². The smallest absolute Gasteiger partial charge is 0.176 e. The number of Topliss-reactive ketones (excluding diaryl/α,β-unsaturated/α-hetero) is 1. The van der Waals surface area contributed by atoms with Gasteiger partial charge in [-0.15, -0.1) is 0 Å². The first-order valence-corrected chi connectivity index (χ1v) is 25.7. The normalized spacial score (nSPS) is 13.3. The number of carbonyl (C=O) groups excluding carboxylic acids is 1. The molecule has 0 aromatic heterocycles. The van der Waals surface area contributed by atoms with Crippen molar-refractivity contribution in [2.75, 3.05) is 58.8 Å². The van der Waals surface area contributed by atoms with E-state index in [0.717, 1.165) is 64.7 Å². The third kappa shape index (κ3) is 12.9. The van der Waals surface area contributed by atoms with E-state index in [1.54, 1.807) is 24.3 Å². The van der Waals surface area contributed by atoms with Crippen molar-refractivity contribution >= 4 is 46.5 Å². The fourth-order valence-corrected chi connectivity index (χ4v) is 10.4. The second-order valence-electron chi connectivity index (χ2n) is 18.6. The van der Waals surface area contributed by atoms with Gasteiger partial charge in [-0.2, -0.15) is 0 Å². The molecule has 0 amide bonds. The molecule has 0 saturated heterocycles. The number of aryl methyl sites for hydroxylation is 4. The van der Waals surface area contributed by atoms with Gasteiger partial charge in [-0.25, -0.2) is 0 Å². The molecule has 6 heteroatoms. The number of rotatable bonds is 14. The van der Waals surface area contributed by atoms with Crippen LogP contribution in [0.15, 0.2) is 176 Å². The predicted molar refractivity (Wildman–Crippen MR) is 298 cm³/mol. The zero-order chi connectivity index (χ0) is 48.5. The van der Waals surface area contributed by atoms with Gasteiger partial charge in [0.25, 0.3) is 0 Å². The topological polar surface area (TPSA) is 47.6 Å². The van der Waals surface area contributed by atoms with E-state index in [9.17, 15) is 4.79 Å². The lowest BCUT2D eigenvalue weighted by atomic mass is 9.84. The Balaban J connectivity index is 0.000000146. The minimum absolute atomic E-state index is 0.125. The number of halogens is 1. The lowest BCUT2D eigenvalue weighted by Crippen LogP contribution is -2.29. The number of anilines is 2. The molecule has 0 spiro atoms. The summed E-state index contributed by atoms with van der Waals surface area (Å²) in [6, 6.07) is 59.8. The maximum absolute atomic E-state index is 12.5. The number of likely N-dealkylation sites (N-methyl/N-ethyl adjacent to an activating group) is 1. The SMILES string of the molecule is CN(CCCN1c2ccccc2CCc2ccccc21)CC(=O)c1ccc(Cl)cc1.CNCCC=C1c2ccccc2CCc2ccccc21.CNCCCC1c2ccccc2C=Cc2ccccc21. The molecule has 70 heavy (non-hydrogen) atoms. The highest BCUT2D eigenvalue weighted by molar-refractivity contribution is 6.30. The molecule has 358 valence electrons. The van der Waals surface area contributed by atoms with Crippen molar-refractivity contribution in [1.82, 2.24) is 15.5 Å². The molecule has 0 bridgehead atoms. The largest absolute Gasteiger partial charge is 0.341 e. The highest BCUT2D eigenvalue weighted by Crippen LogP contribution is 2.38. The Kier molecular flexibility index (Phi) is 18.2. The standard InChI is InChI=1S/C26H27ClN2O.2C19H21N/c1-28(19-26(30)22-13-15-23(27)16-14-22)17-6-18-29-24-9-4-2-7-20(24)11-12-21-8-3-5-10-25(21)29;2*1-20-14-6-11-19-17-9-4-2-7-15(17)12-13-16-8-3-5-10-18(16)19/h2-5,7-10,13-16H,6,11-12,17-19H2,1H3;2-5,7-10,12-13,19-20H,6,11,14H2,1H3;2-5,7-11,20H,6,12-14H2,1H3. The number of nitrogens with one attached hydrogen (secondary N) is 2. The van der Waals surface area contributed by atoms with Gasteiger partial charge in [0.05, 0.1) is 6.54 Å². The van der Waals surface area contributed by atoms with Gasteiger partial charge in [0.2, 0.25) is 0 Å². The lowest BCUT2D eigenvalue weighted by Gasteiger charge is -2.28. The fourth-order valence-electron chi connectivity index (χ4n) is 10.3. The maximum atomic E-state index is 12.5. The van der Waals surface area contributed by atoms with Crippen LogP contribution in [0.2, 0.25) is 5.02 Å².